The van der Waals surface area contributed by atoms with Crippen molar-refractivity contribution in [3.63, 3.8) is 0 Å². The Hall–Kier alpha value is -1.20. The van der Waals surface area contributed by atoms with E-state index >= 15 is 0 Å². The van der Waals surface area contributed by atoms with Crippen molar-refractivity contribution in [3.8, 4) is 0 Å². The summed E-state index contributed by atoms with van der Waals surface area (Å²) in [6, 6.07) is 9.26. The van der Waals surface area contributed by atoms with Gasteiger partial charge in [0.2, 0.25) is 0 Å². The van der Waals surface area contributed by atoms with Crippen molar-refractivity contribution in [2.75, 3.05) is 0 Å². The first-order valence-electron chi connectivity index (χ1n) is 5.66. The highest BCUT2D eigenvalue weighted by Gasteiger charge is 2.31. The van der Waals surface area contributed by atoms with Crippen LogP contribution in [0, 0.1) is 0 Å². The van der Waals surface area contributed by atoms with Gasteiger partial charge in [-0.15, -0.1) is 11.8 Å². The van der Waals surface area contributed by atoms with Crippen molar-refractivity contribution in [3.05, 3.63) is 30.3 Å². The maximum absolute atomic E-state index is 10.8. The van der Waals surface area contributed by atoms with Crippen molar-refractivity contribution in [2.45, 2.75) is 35.4 Å². The molecule has 1 aliphatic rings. The number of nitrogens with zero attached hydrogens (tertiary/aromatic N) is 1. The third-order valence-corrected chi connectivity index (χ3v) is 4.28. The molecule has 2 amide bonds. The molecule has 0 aromatic heterocycles. The van der Waals surface area contributed by atoms with Gasteiger partial charge in [0.1, 0.15) is 0 Å². The van der Waals surface area contributed by atoms with Crippen LogP contribution < -0.4 is 5.73 Å². The van der Waals surface area contributed by atoms with E-state index in [1.807, 2.05) is 18.2 Å². The third kappa shape index (κ3) is 3.14. The van der Waals surface area contributed by atoms with Gasteiger partial charge >= 0.3 is 6.03 Å². The Kier molecular flexibility index (Phi) is 3.91. The van der Waals surface area contributed by atoms with Gasteiger partial charge in [0, 0.05) is 10.1 Å². The van der Waals surface area contributed by atoms with Crippen LogP contribution in [0.1, 0.15) is 19.3 Å². The Morgan fingerprint density at radius 2 is 2.06 bits per heavy atom. The summed E-state index contributed by atoms with van der Waals surface area (Å²) in [4.78, 5) is 12.1. The van der Waals surface area contributed by atoms with Crippen LogP contribution in [0.4, 0.5) is 4.79 Å². The molecule has 0 radical (unpaired) electrons. The zero-order valence-corrected chi connectivity index (χ0v) is 10.3. The van der Waals surface area contributed by atoms with E-state index in [9.17, 15) is 10.0 Å². The maximum Gasteiger partial charge on any atom is 0.338 e. The summed E-state index contributed by atoms with van der Waals surface area (Å²) in [7, 11) is 0. The minimum atomic E-state index is -0.764. The first-order chi connectivity index (χ1) is 8.16. The first-order valence-corrected chi connectivity index (χ1v) is 6.54. The molecule has 0 heterocycles. The van der Waals surface area contributed by atoms with Gasteiger partial charge < -0.3 is 5.73 Å². The molecule has 0 unspecified atom stereocenters. The van der Waals surface area contributed by atoms with Crippen LogP contribution in [0.3, 0.4) is 0 Å². The lowest BCUT2D eigenvalue weighted by Crippen LogP contribution is -2.39. The van der Waals surface area contributed by atoms with Crippen LogP contribution >= 0.6 is 11.8 Å². The molecule has 5 heteroatoms. The summed E-state index contributed by atoms with van der Waals surface area (Å²) in [5, 5.41) is 10.6. The van der Waals surface area contributed by atoms with Gasteiger partial charge in [-0.2, -0.15) is 0 Å². The van der Waals surface area contributed by atoms with Crippen molar-refractivity contribution in [1.29, 1.82) is 0 Å². The van der Waals surface area contributed by atoms with Crippen LogP contribution in [0.15, 0.2) is 35.2 Å². The maximum atomic E-state index is 10.8. The smallest absolute Gasteiger partial charge is 0.338 e. The zero-order valence-electron chi connectivity index (χ0n) is 9.45. The normalized spacial score (nSPS) is 23.6. The largest absolute Gasteiger partial charge is 0.350 e. The molecule has 1 aliphatic carbocycles. The SMILES string of the molecule is NC(=O)N(O)[C@@H]1CC[C@@H](Sc2ccccc2)C1. The fraction of sp³-hybridized carbons (Fsp3) is 0.417. The molecule has 1 aromatic rings. The number of hydrogen-bond acceptors (Lipinski definition) is 3. The highest BCUT2D eigenvalue weighted by atomic mass is 32.2. The number of thioether (sulfide) groups is 1. The number of amides is 2. The number of benzene rings is 1. The Balaban J connectivity index is 1.88. The average Bonchev–Trinajstić information content (AvgIpc) is 2.77. The first kappa shape index (κ1) is 12.3. The molecule has 0 spiro atoms. The molecule has 4 nitrogen and oxygen atoms in total. The predicted octanol–water partition coefficient (Wildman–Crippen LogP) is 2.47. The number of hydroxylamine groups is 2. The summed E-state index contributed by atoms with van der Waals surface area (Å²) < 4.78 is 0. The molecule has 1 saturated carbocycles. The van der Waals surface area contributed by atoms with Gasteiger partial charge in [0.15, 0.2) is 0 Å². The fourth-order valence-electron chi connectivity index (χ4n) is 2.12. The van der Waals surface area contributed by atoms with Crippen LogP contribution in [0.25, 0.3) is 0 Å². The summed E-state index contributed by atoms with van der Waals surface area (Å²) in [5.41, 5.74) is 5.04. The molecule has 0 bridgehead atoms. The molecular formula is C12H16N2O2S. The number of primary amides is 1. The Morgan fingerprint density at radius 1 is 1.35 bits per heavy atom. The van der Waals surface area contributed by atoms with Crippen LogP contribution in [0.5, 0.6) is 0 Å². The molecule has 2 rings (SSSR count). The third-order valence-electron chi connectivity index (χ3n) is 2.97. The van der Waals surface area contributed by atoms with Crippen LogP contribution in [-0.2, 0) is 0 Å². The van der Waals surface area contributed by atoms with Gasteiger partial charge in [0.25, 0.3) is 0 Å². The topological polar surface area (TPSA) is 66.6 Å². The minimum Gasteiger partial charge on any atom is -0.350 e. The van der Waals surface area contributed by atoms with E-state index in [4.69, 9.17) is 5.73 Å². The van der Waals surface area contributed by atoms with E-state index in [2.05, 4.69) is 12.1 Å². The predicted molar refractivity (Wildman–Crippen MR) is 66.9 cm³/mol. The zero-order chi connectivity index (χ0) is 12.3. The molecule has 92 valence electrons. The highest BCUT2D eigenvalue weighted by Crippen LogP contribution is 2.36. The molecule has 1 fully saturated rings. The second-order valence-electron chi connectivity index (χ2n) is 4.20. The van der Waals surface area contributed by atoms with Crippen molar-refractivity contribution in [2.24, 2.45) is 5.73 Å². The molecule has 2 atom stereocenters. The van der Waals surface area contributed by atoms with Gasteiger partial charge in [-0.3, -0.25) is 5.21 Å². The van der Waals surface area contributed by atoms with E-state index in [-0.39, 0.29) is 6.04 Å². The Morgan fingerprint density at radius 3 is 2.71 bits per heavy atom. The van der Waals surface area contributed by atoms with Gasteiger partial charge in [0.05, 0.1) is 6.04 Å². The van der Waals surface area contributed by atoms with E-state index in [0.29, 0.717) is 10.3 Å². The minimum absolute atomic E-state index is 0.131. The van der Waals surface area contributed by atoms with Crippen molar-refractivity contribution >= 4 is 17.8 Å². The molecule has 0 saturated heterocycles. The standard InChI is InChI=1S/C12H16N2O2S/c13-12(15)14(16)9-6-7-11(8-9)17-10-4-2-1-3-5-10/h1-5,9,11,16H,6-8H2,(H2,13,15)/t9-,11-/m1/s1. The van der Waals surface area contributed by atoms with E-state index in [1.54, 1.807) is 11.8 Å². The van der Waals surface area contributed by atoms with Gasteiger partial charge in [-0.1, -0.05) is 18.2 Å². The molecule has 17 heavy (non-hydrogen) atoms. The summed E-state index contributed by atoms with van der Waals surface area (Å²) >= 11 is 1.79. The highest BCUT2D eigenvalue weighted by molar-refractivity contribution is 8.00. The quantitative estimate of drug-likeness (QED) is 0.641. The number of carbonyl (C=O) groups excluding carboxylic acids is 1. The van der Waals surface area contributed by atoms with Gasteiger partial charge in [-0.05, 0) is 31.4 Å². The molecule has 1 aromatic carbocycles. The molecule has 0 aliphatic heterocycles. The number of carbonyl (C=O) groups is 1. The monoisotopic (exact) mass is 252 g/mol. The number of rotatable bonds is 3. The number of urea groups is 1. The van der Waals surface area contributed by atoms with E-state index in [1.165, 1.54) is 4.90 Å². The molecule has 3 N–H and O–H groups in total. The lowest BCUT2D eigenvalue weighted by atomic mass is 10.2. The summed E-state index contributed by atoms with van der Waals surface area (Å²) in [6.45, 7) is 0. The second kappa shape index (κ2) is 5.42. The number of nitrogens with two attached hydrogens (primary N) is 1. The van der Waals surface area contributed by atoms with Crippen LogP contribution in [0.2, 0.25) is 0 Å². The average molecular weight is 252 g/mol. The summed E-state index contributed by atoms with van der Waals surface area (Å²) in [5.74, 6) is 0. The van der Waals surface area contributed by atoms with Crippen molar-refractivity contribution in [1.82, 2.24) is 5.06 Å². The second-order valence-corrected chi connectivity index (χ2v) is 5.58. The summed E-state index contributed by atoms with van der Waals surface area (Å²) in [6.07, 6.45) is 2.59. The van der Waals surface area contributed by atoms with Gasteiger partial charge in [-0.25, -0.2) is 9.86 Å². The van der Waals surface area contributed by atoms with E-state index < -0.39 is 6.03 Å². The fourth-order valence-corrected chi connectivity index (χ4v) is 3.39. The van der Waals surface area contributed by atoms with E-state index in [0.717, 1.165) is 19.3 Å². The lowest BCUT2D eigenvalue weighted by Gasteiger charge is -2.19. The van der Waals surface area contributed by atoms with Crippen LogP contribution in [-0.4, -0.2) is 27.6 Å². The number of hydrogen-bond donors (Lipinski definition) is 2. The Labute approximate surface area is 105 Å². The lowest BCUT2D eigenvalue weighted by molar-refractivity contribution is -0.0725. The Bertz CT molecular complexity index is 385. The molecular weight excluding hydrogens is 236 g/mol. The van der Waals surface area contributed by atoms with Crippen molar-refractivity contribution < 1.29 is 10.0 Å².